The molecular formula is C20H22N2O2S. The second kappa shape index (κ2) is 7.23. The standard InChI is InChI=1S/C20H22N2O2S/c1-4-21-12-11-16-18(20(21)24)17(14(3)25-16)19(23)22(5-2)13-15-9-7-6-8-10-15/h6-12H,4-5,13H2,1-3H3. The maximum atomic E-state index is 13.2. The second-order valence-corrected chi connectivity index (χ2v) is 7.24. The molecule has 0 aliphatic carbocycles. The molecule has 2 aromatic heterocycles. The third-order valence-electron chi connectivity index (χ3n) is 4.43. The van der Waals surface area contributed by atoms with Gasteiger partial charge in [0, 0.05) is 35.4 Å². The molecule has 130 valence electrons. The van der Waals surface area contributed by atoms with Crippen LogP contribution in [-0.4, -0.2) is 21.9 Å². The summed E-state index contributed by atoms with van der Waals surface area (Å²) < 4.78 is 2.53. The molecule has 0 fully saturated rings. The van der Waals surface area contributed by atoms with Crippen LogP contribution in [-0.2, 0) is 13.1 Å². The number of carbonyl (C=O) groups is 1. The molecule has 1 amide bonds. The van der Waals surface area contributed by atoms with E-state index in [9.17, 15) is 9.59 Å². The lowest BCUT2D eigenvalue weighted by molar-refractivity contribution is 0.0754. The van der Waals surface area contributed by atoms with E-state index in [1.54, 1.807) is 15.7 Å². The number of hydrogen-bond acceptors (Lipinski definition) is 3. The molecule has 0 atom stereocenters. The highest BCUT2D eigenvalue weighted by Crippen LogP contribution is 2.29. The quantitative estimate of drug-likeness (QED) is 0.693. The number of hydrogen-bond donors (Lipinski definition) is 0. The topological polar surface area (TPSA) is 42.3 Å². The number of aryl methyl sites for hydroxylation is 2. The molecular weight excluding hydrogens is 332 g/mol. The molecule has 0 N–H and O–H groups in total. The Bertz CT molecular complexity index is 957. The summed E-state index contributed by atoms with van der Waals surface area (Å²) in [7, 11) is 0. The van der Waals surface area contributed by atoms with E-state index in [-0.39, 0.29) is 11.5 Å². The summed E-state index contributed by atoms with van der Waals surface area (Å²) >= 11 is 1.51. The van der Waals surface area contributed by atoms with Crippen LogP contribution in [0.15, 0.2) is 47.4 Å². The molecule has 0 saturated carbocycles. The number of rotatable bonds is 5. The third kappa shape index (κ3) is 3.24. The molecule has 0 unspecified atom stereocenters. The van der Waals surface area contributed by atoms with E-state index in [0.29, 0.717) is 30.6 Å². The lowest BCUT2D eigenvalue weighted by Gasteiger charge is -2.21. The highest BCUT2D eigenvalue weighted by Gasteiger charge is 2.23. The van der Waals surface area contributed by atoms with Crippen molar-refractivity contribution in [1.82, 2.24) is 9.47 Å². The first kappa shape index (κ1) is 17.4. The fourth-order valence-corrected chi connectivity index (χ4v) is 4.10. The van der Waals surface area contributed by atoms with Gasteiger partial charge in [0.25, 0.3) is 11.5 Å². The lowest BCUT2D eigenvalue weighted by atomic mass is 10.1. The maximum absolute atomic E-state index is 13.2. The predicted octanol–water partition coefficient (Wildman–Crippen LogP) is 4.05. The first-order chi connectivity index (χ1) is 12.1. The summed E-state index contributed by atoms with van der Waals surface area (Å²) in [6.45, 7) is 7.56. The highest BCUT2D eigenvalue weighted by molar-refractivity contribution is 7.19. The Labute approximate surface area is 151 Å². The van der Waals surface area contributed by atoms with Crippen molar-refractivity contribution in [3.05, 3.63) is 69.0 Å². The zero-order chi connectivity index (χ0) is 18.0. The van der Waals surface area contributed by atoms with Gasteiger partial charge in [0.2, 0.25) is 0 Å². The summed E-state index contributed by atoms with van der Waals surface area (Å²) in [5.41, 5.74) is 1.56. The fourth-order valence-electron chi connectivity index (χ4n) is 3.06. The molecule has 4 nitrogen and oxygen atoms in total. The van der Waals surface area contributed by atoms with Gasteiger partial charge in [-0.25, -0.2) is 0 Å². The summed E-state index contributed by atoms with van der Waals surface area (Å²) in [6.07, 6.45) is 1.80. The Balaban J connectivity index is 2.06. The molecule has 25 heavy (non-hydrogen) atoms. The maximum Gasteiger partial charge on any atom is 0.260 e. The van der Waals surface area contributed by atoms with Crippen LogP contribution < -0.4 is 5.56 Å². The van der Waals surface area contributed by atoms with Crippen LogP contribution in [0.25, 0.3) is 10.1 Å². The molecule has 0 aliphatic rings. The van der Waals surface area contributed by atoms with E-state index >= 15 is 0 Å². The van der Waals surface area contributed by atoms with Crippen LogP contribution in [0.3, 0.4) is 0 Å². The van der Waals surface area contributed by atoms with Crippen molar-refractivity contribution in [2.24, 2.45) is 0 Å². The number of pyridine rings is 1. The average molecular weight is 354 g/mol. The molecule has 0 bridgehead atoms. The van der Waals surface area contributed by atoms with E-state index < -0.39 is 0 Å². The van der Waals surface area contributed by atoms with Crippen molar-refractivity contribution < 1.29 is 4.79 Å². The second-order valence-electron chi connectivity index (χ2n) is 5.98. The van der Waals surface area contributed by atoms with Gasteiger partial charge in [-0.1, -0.05) is 30.3 Å². The normalized spacial score (nSPS) is 11.0. The summed E-state index contributed by atoms with van der Waals surface area (Å²) in [5.74, 6) is -0.0685. The van der Waals surface area contributed by atoms with Crippen LogP contribution >= 0.6 is 11.3 Å². The number of benzene rings is 1. The largest absolute Gasteiger partial charge is 0.335 e. The van der Waals surface area contributed by atoms with Crippen LogP contribution in [0.1, 0.15) is 34.6 Å². The molecule has 3 rings (SSSR count). The number of carbonyl (C=O) groups excluding carboxylic acids is 1. The van der Waals surface area contributed by atoms with Crippen molar-refractivity contribution >= 4 is 27.3 Å². The number of thiophene rings is 1. The SMILES string of the molecule is CCN(Cc1ccccc1)C(=O)c1c(C)sc2ccn(CC)c(=O)c12. The van der Waals surface area contributed by atoms with Gasteiger partial charge in [0.05, 0.1) is 10.9 Å². The Hall–Kier alpha value is -2.40. The molecule has 0 aliphatic heterocycles. The van der Waals surface area contributed by atoms with E-state index in [2.05, 4.69) is 0 Å². The Morgan fingerprint density at radius 2 is 1.88 bits per heavy atom. The van der Waals surface area contributed by atoms with Gasteiger partial charge in [-0.3, -0.25) is 9.59 Å². The number of nitrogens with zero attached hydrogens (tertiary/aromatic N) is 2. The van der Waals surface area contributed by atoms with Gasteiger partial charge in [-0.15, -0.1) is 11.3 Å². The van der Waals surface area contributed by atoms with Gasteiger partial charge in [-0.2, -0.15) is 0 Å². The molecule has 0 saturated heterocycles. The van der Waals surface area contributed by atoms with Gasteiger partial charge in [0.15, 0.2) is 0 Å². The zero-order valence-electron chi connectivity index (χ0n) is 14.8. The van der Waals surface area contributed by atoms with Crippen molar-refractivity contribution in [2.45, 2.75) is 33.9 Å². The minimum atomic E-state index is -0.0801. The van der Waals surface area contributed by atoms with E-state index in [1.807, 2.05) is 57.2 Å². The Morgan fingerprint density at radius 1 is 1.16 bits per heavy atom. The first-order valence-electron chi connectivity index (χ1n) is 8.52. The molecule has 1 aromatic carbocycles. The minimum absolute atomic E-state index is 0.0685. The number of aromatic nitrogens is 1. The Morgan fingerprint density at radius 3 is 2.52 bits per heavy atom. The smallest absolute Gasteiger partial charge is 0.260 e. The molecule has 3 aromatic rings. The summed E-state index contributed by atoms with van der Waals surface area (Å²) in [6, 6.07) is 11.9. The summed E-state index contributed by atoms with van der Waals surface area (Å²) in [4.78, 5) is 28.7. The average Bonchev–Trinajstić information content (AvgIpc) is 2.97. The highest BCUT2D eigenvalue weighted by atomic mass is 32.1. The molecule has 2 heterocycles. The van der Waals surface area contributed by atoms with Gasteiger partial charge >= 0.3 is 0 Å². The monoisotopic (exact) mass is 354 g/mol. The van der Waals surface area contributed by atoms with Crippen LogP contribution in [0, 0.1) is 6.92 Å². The predicted molar refractivity (Wildman–Crippen MR) is 103 cm³/mol. The van der Waals surface area contributed by atoms with Crippen molar-refractivity contribution in [2.75, 3.05) is 6.54 Å². The number of amides is 1. The van der Waals surface area contributed by atoms with E-state index in [0.717, 1.165) is 15.1 Å². The van der Waals surface area contributed by atoms with Crippen molar-refractivity contribution in [3.63, 3.8) is 0 Å². The molecule has 0 spiro atoms. The molecule has 0 radical (unpaired) electrons. The Kier molecular flexibility index (Phi) is 5.04. The van der Waals surface area contributed by atoms with E-state index in [1.165, 1.54) is 11.3 Å². The minimum Gasteiger partial charge on any atom is -0.335 e. The van der Waals surface area contributed by atoms with Crippen LogP contribution in [0.2, 0.25) is 0 Å². The van der Waals surface area contributed by atoms with Gasteiger partial charge in [-0.05, 0) is 32.4 Å². The van der Waals surface area contributed by atoms with Crippen molar-refractivity contribution in [1.29, 1.82) is 0 Å². The van der Waals surface area contributed by atoms with Crippen molar-refractivity contribution in [3.8, 4) is 0 Å². The van der Waals surface area contributed by atoms with Gasteiger partial charge in [0.1, 0.15) is 0 Å². The van der Waals surface area contributed by atoms with Gasteiger partial charge < -0.3 is 9.47 Å². The van der Waals surface area contributed by atoms with E-state index in [4.69, 9.17) is 0 Å². The van der Waals surface area contributed by atoms with Crippen LogP contribution in [0.5, 0.6) is 0 Å². The third-order valence-corrected chi connectivity index (χ3v) is 5.50. The molecule has 5 heteroatoms. The fraction of sp³-hybridized carbons (Fsp3) is 0.300. The van der Waals surface area contributed by atoms with Crippen LogP contribution in [0.4, 0.5) is 0 Å². The first-order valence-corrected chi connectivity index (χ1v) is 9.34. The zero-order valence-corrected chi connectivity index (χ0v) is 15.6. The summed E-state index contributed by atoms with van der Waals surface area (Å²) in [5, 5.41) is 0.559. The lowest BCUT2D eigenvalue weighted by Crippen LogP contribution is -2.31. The number of fused-ring (bicyclic) bond motifs is 1.